The van der Waals surface area contributed by atoms with Gasteiger partial charge in [0, 0.05) is 11.6 Å². The van der Waals surface area contributed by atoms with E-state index in [-0.39, 0.29) is 11.3 Å². The number of ketones is 1. The van der Waals surface area contributed by atoms with Crippen molar-refractivity contribution in [2.24, 2.45) is 0 Å². The van der Waals surface area contributed by atoms with Gasteiger partial charge in [0.2, 0.25) is 0 Å². The van der Waals surface area contributed by atoms with E-state index in [1.165, 1.54) is 0 Å². The lowest BCUT2D eigenvalue weighted by atomic mass is 9.94. The highest BCUT2D eigenvalue weighted by Crippen LogP contribution is 2.40. The Labute approximate surface area is 97.2 Å². The third-order valence-electron chi connectivity index (χ3n) is 2.82. The molecule has 0 aliphatic carbocycles. The molecule has 0 amide bonds. The molecule has 1 unspecified atom stereocenters. The Hall–Kier alpha value is -0.900. The van der Waals surface area contributed by atoms with Gasteiger partial charge in [0.05, 0.1) is 4.75 Å². The highest BCUT2D eigenvalue weighted by atomic mass is 32.2. The fourth-order valence-corrected chi connectivity index (χ4v) is 3.23. The number of thioether (sulfide) groups is 1. The van der Waals surface area contributed by atoms with E-state index >= 15 is 0 Å². The number of carbonyl (C=O) groups excluding carboxylic acids is 1. The zero-order valence-corrected chi connectivity index (χ0v) is 9.74. The number of rotatable bonds is 2. The Balaban J connectivity index is 2.33. The standard InChI is InChI=1S/C12H12F2OS/c1-12(3-2-4-16-12)11(15)8-5-9(13)7-10(14)6-8/h5-7H,2-4H2,1H3. The highest BCUT2D eigenvalue weighted by molar-refractivity contribution is 8.01. The summed E-state index contributed by atoms with van der Waals surface area (Å²) in [6, 6.07) is 2.99. The summed E-state index contributed by atoms with van der Waals surface area (Å²) < 4.78 is 25.5. The maximum Gasteiger partial charge on any atom is 0.178 e. The molecule has 1 nitrogen and oxygen atoms in total. The second-order valence-corrected chi connectivity index (χ2v) is 5.77. The zero-order chi connectivity index (χ0) is 11.8. The molecule has 0 bridgehead atoms. The first-order chi connectivity index (χ1) is 7.51. The van der Waals surface area contributed by atoms with Crippen molar-refractivity contribution in [1.29, 1.82) is 0 Å². The van der Waals surface area contributed by atoms with Crippen molar-refractivity contribution in [2.45, 2.75) is 24.5 Å². The minimum Gasteiger partial charge on any atom is -0.293 e. The van der Waals surface area contributed by atoms with Crippen LogP contribution in [0, 0.1) is 11.6 Å². The number of benzene rings is 1. The van der Waals surface area contributed by atoms with Crippen LogP contribution in [0.2, 0.25) is 0 Å². The molecule has 1 heterocycles. The summed E-state index contributed by atoms with van der Waals surface area (Å²) in [6.07, 6.45) is 1.75. The molecule has 1 aromatic rings. The van der Waals surface area contributed by atoms with Crippen LogP contribution in [0.4, 0.5) is 8.78 Å². The van der Waals surface area contributed by atoms with Crippen LogP contribution in [0.5, 0.6) is 0 Å². The first-order valence-corrected chi connectivity index (χ1v) is 6.15. The smallest absolute Gasteiger partial charge is 0.178 e. The molecule has 1 aliphatic heterocycles. The summed E-state index contributed by atoms with van der Waals surface area (Å²) in [5.74, 6) is -0.640. The fraction of sp³-hybridized carbons (Fsp3) is 0.417. The van der Waals surface area contributed by atoms with Gasteiger partial charge in [-0.2, -0.15) is 0 Å². The Kier molecular flexibility index (Phi) is 3.02. The summed E-state index contributed by atoms with van der Waals surface area (Å²) in [7, 11) is 0. The zero-order valence-electron chi connectivity index (χ0n) is 8.93. The SMILES string of the molecule is CC1(C(=O)c2cc(F)cc(F)c2)CCCS1. The molecule has 0 radical (unpaired) electrons. The van der Waals surface area contributed by atoms with Gasteiger partial charge in [-0.1, -0.05) is 0 Å². The van der Waals surface area contributed by atoms with Gasteiger partial charge in [-0.15, -0.1) is 11.8 Å². The molecule has 1 atom stereocenters. The Morgan fingerprint density at radius 3 is 2.44 bits per heavy atom. The third kappa shape index (κ3) is 2.12. The van der Waals surface area contributed by atoms with Gasteiger partial charge in [0.15, 0.2) is 5.78 Å². The van der Waals surface area contributed by atoms with E-state index in [2.05, 4.69) is 0 Å². The van der Waals surface area contributed by atoms with Crippen molar-refractivity contribution >= 4 is 17.5 Å². The van der Waals surface area contributed by atoms with E-state index in [1.54, 1.807) is 11.8 Å². The molecule has 2 rings (SSSR count). The minimum atomic E-state index is -0.699. The molecule has 4 heteroatoms. The Morgan fingerprint density at radius 2 is 1.94 bits per heavy atom. The van der Waals surface area contributed by atoms with Crippen molar-refractivity contribution in [2.75, 3.05) is 5.75 Å². The van der Waals surface area contributed by atoms with Crippen LogP contribution in [0.1, 0.15) is 30.1 Å². The summed E-state index contributed by atoms with van der Waals surface area (Å²) in [5.41, 5.74) is 0.134. The van der Waals surface area contributed by atoms with E-state index in [0.717, 1.165) is 36.8 Å². The van der Waals surface area contributed by atoms with Crippen LogP contribution in [0.25, 0.3) is 0 Å². The van der Waals surface area contributed by atoms with E-state index < -0.39 is 16.4 Å². The first-order valence-electron chi connectivity index (χ1n) is 5.16. The maximum atomic E-state index is 13.0. The topological polar surface area (TPSA) is 17.1 Å². The summed E-state index contributed by atoms with van der Waals surface area (Å²) in [6.45, 7) is 1.84. The molecular formula is C12H12F2OS. The minimum absolute atomic E-state index is 0.134. The summed E-state index contributed by atoms with van der Waals surface area (Å²) in [5, 5.41) is 0. The number of hydrogen-bond acceptors (Lipinski definition) is 2. The molecule has 86 valence electrons. The molecule has 0 spiro atoms. The normalized spacial score (nSPS) is 24.7. The van der Waals surface area contributed by atoms with Gasteiger partial charge in [0.25, 0.3) is 0 Å². The van der Waals surface area contributed by atoms with Gasteiger partial charge < -0.3 is 0 Å². The second-order valence-electron chi connectivity index (χ2n) is 4.17. The molecule has 0 N–H and O–H groups in total. The van der Waals surface area contributed by atoms with Gasteiger partial charge in [-0.05, 0) is 37.7 Å². The maximum absolute atomic E-state index is 13.0. The molecule has 1 saturated heterocycles. The van der Waals surface area contributed by atoms with Crippen LogP contribution in [0.3, 0.4) is 0 Å². The average Bonchev–Trinajstić information content (AvgIpc) is 2.64. The van der Waals surface area contributed by atoms with E-state index in [4.69, 9.17) is 0 Å². The van der Waals surface area contributed by atoms with Crippen LogP contribution < -0.4 is 0 Å². The molecule has 0 saturated carbocycles. The molecule has 0 aromatic heterocycles. The van der Waals surface area contributed by atoms with E-state index in [0.29, 0.717) is 0 Å². The van der Waals surface area contributed by atoms with Gasteiger partial charge in [-0.25, -0.2) is 8.78 Å². The molecule has 1 aliphatic rings. The van der Waals surface area contributed by atoms with Crippen molar-refractivity contribution in [3.8, 4) is 0 Å². The summed E-state index contributed by atoms with van der Waals surface area (Å²) >= 11 is 1.56. The first kappa shape index (κ1) is 11.6. The Morgan fingerprint density at radius 1 is 1.31 bits per heavy atom. The van der Waals surface area contributed by atoms with Crippen molar-refractivity contribution in [3.05, 3.63) is 35.4 Å². The number of Topliss-reactive ketones (excluding diaryl/α,β-unsaturated/α-hetero) is 1. The largest absolute Gasteiger partial charge is 0.293 e. The van der Waals surface area contributed by atoms with Crippen LogP contribution >= 0.6 is 11.8 Å². The molecular weight excluding hydrogens is 230 g/mol. The molecule has 16 heavy (non-hydrogen) atoms. The predicted octanol–water partition coefficient (Wildman–Crippen LogP) is 3.43. The lowest BCUT2D eigenvalue weighted by Gasteiger charge is -2.20. The molecule has 1 fully saturated rings. The van der Waals surface area contributed by atoms with Crippen LogP contribution in [-0.2, 0) is 0 Å². The lowest BCUT2D eigenvalue weighted by molar-refractivity contribution is 0.0948. The van der Waals surface area contributed by atoms with E-state index in [1.807, 2.05) is 6.92 Å². The number of carbonyl (C=O) groups is 1. The van der Waals surface area contributed by atoms with Gasteiger partial charge in [0.1, 0.15) is 11.6 Å². The van der Waals surface area contributed by atoms with Crippen molar-refractivity contribution in [1.82, 2.24) is 0 Å². The van der Waals surface area contributed by atoms with E-state index in [9.17, 15) is 13.6 Å². The quantitative estimate of drug-likeness (QED) is 0.739. The van der Waals surface area contributed by atoms with Crippen molar-refractivity contribution in [3.63, 3.8) is 0 Å². The van der Waals surface area contributed by atoms with Crippen LogP contribution in [0.15, 0.2) is 18.2 Å². The van der Waals surface area contributed by atoms with Crippen LogP contribution in [-0.4, -0.2) is 16.3 Å². The monoisotopic (exact) mass is 242 g/mol. The number of halogens is 2. The Bertz CT molecular complexity index is 405. The fourth-order valence-electron chi connectivity index (χ4n) is 1.95. The second kappa shape index (κ2) is 4.17. The van der Waals surface area contributed by atoms with Crippen molar-refractivity contribution < 1.29 is 13.6 Å². The molecule has 1 aromatic carbocycles. The van der Waals surface area contributed by atoms with Gasteiger partial charge >= 0.3 is 0 Å². The lowest BCUT2D eigenvalue weighted by Crippen LogP contribution is -2.28. The highest BCUT2D eigenvalue weighted by Gasteiger charge is 2.37. The number of hydrogen-bond donors (Lipinski definition) is 0. The third-order valence-corrected chi connectivity index (χ3v) is 4.34. The predicted molar refractivity (Wildman–Crippen MR) is 60.8 cm³/mol. The van der Waals surface area contributed by atoms with Gasteiger partial charge in [-0.3, -0.25) is 4.79 Å². The average molecular weight is 242 g/mol. The summed E-state index contributed by atoms with van der Waals surface area (Å²) in [4.78, 5) is 12.1.